The van der Waals surface area contributed by atoms with Crippen molar-refractivity contribution in [2.75, 3.05) is 7.11 Å². The van der Waals surface area contributed by atoms with Gasteiger partial charge in [0.2, 0.25) is 5.91 Å². The Labute approximate surface area is 124 Å². The molecule has 1 N–H and O–H groups in total. The molecule has 2 unspecified atom stereocenters. The largest absolute Gasteiger partial charge is 0.496 e. The van der Waals surface area contributed by atoms with Crippen molar-refractivity contribution in [2.45, 2.75) is 39.3 Å². The van der Waals surface area contributed by atoms with Gasteiger partial charge >= 0.3 is 5.97 Å². The van der Waals surface area contributed by atoms with Crippen LogP contribution in [0.5, 0.6) is 5.75 Å². The average Bonchev–Trinajstić information content (AvgIpc) is 2.76. The van der Waals surface area contributed by atoms with Crippen LogP contribution in [-0.2, 0) is 9.59 Å². The van der Waals surface area contributed by atoms with Crippen LogP contribution in [0.15, 0.2) is 18.2 Å². The van der Waals surface area contributed by atoms with Crippen molar-refractivity contribution < 1.29 is 19.4 Å². The van der Waals surface area contributed by atoms with Crippen molar-refractivity contribution in [3.05, 3.63) is 29.3 Å². The molecule has 2 rings (SSSR count). The Bertz CT molecular complexity index is 567. The molecule has 1 fully saturated rings. The summed E-state index contributed by atoms with van der Waals surface area (Å²) in [6, 6.07) is 5.13. The van der Waals surface area contributed by atoms with E-state index in [0.29, 0.717) is 0 Å². The predicted octanol–water partition coefficient (Wildman–Crippen LogP) is 2.39. The molecule has 2 atom stereocenters. The Balaban J connectivity index is 2.47. The van der Waals surface area contributed by atoms with E-state index in [1.54, 1.807) is 12.0 Å². The number of hydrogen-bond acceptors (Lipinski definition) is 3. The lowest BCUT2D eigenvalue weighted by atomic mass is 9.92. The standard InChI is InChI=1S/C16H21NO4/c1-9(2)17-14(18)8-12(16(19)20)15(17)11-5-6-13(21-4)10(3)7-11/h5-7,9,12,15H,8H2,1-4H3,(H,19,20). The van der Waals surface area contributed by atoms with Gasteiger partial charge in [-0.15, -0.1) is 0 Å². The third-order valence-corrected chi connectivity index (χ3v) is 4.00. The number of amides is 1. The first-order valence-corrected chi connectivity index (χ1v) is 7.05. The summed E-state index contributed by atoms with van der Waals surface area (Å²) in [5, 5.41) is 9.43. The van der Waals surface area contributed by atoms with Crippen molar-refractivity contribution >= 4 is 11.9 Å². The molecular formula is C16H21NO4. The molecule has 0 saturated carbocycles. The molecule has 1 aliphatic heterocycles. The van der Waals surface area contributed by atoms with Crippen molar-refractivity contribution in [2.24, 2.45) is 5.92 Å². The molecule has 1 aromatic rings. The molecule has 1 amide bonds. The first-order valence-electron chi connectivity index (χ1n) is 7.05. The number of aliphatic carboxylic acids is 1. The second-order valence-electron chi connectivity index (χ2n) is 5.72. The maximum Gasteiger partial charge on any atom is 0.309 e. The molecule has 0 aliphatic carbocycles. The number of carboxylic acid groups (broad SMARTS) is 1. The van der Waals surface area contributed by atoms with E-state index >= 15 is 0 Å². The van der Waals surface area contributed by atoms with E-state index in [2.05, 4.69) is 0 Å². The summed E-state index contributed by atoms with van der Waals surface area (Å²) in [5.41, 5.74) is 1.78. The van der Waals surface area contributed by atoms with E-state index in [0.717, 1.165) is 16.9 Å². The van der Waals surface area contributed by atoms with E-state index in [9.17, 15) is 14.7 Å². The quantitative estimate of drug-likeness (QED) is 0.925. The molecule has 0 radical (unpaired) electrons. The molecule has 0 bridgehead atoms. The van der Waals surface area contributed by atoms with E-state index in [-0.39, 0.29) is 18.4 Å². The number of hydrogen-bond donors (Lipinski definition) is 1. The van der Waals surface area contributed by atoms with Crippen LogP contribution < -0.4 is 4.74 Å². The molecule has 0 spiro atoms. The van der Waals surface area contributed by atoms with Gasteiger partial charge in [-0.1, -0.05) is 12.1 Å². The number of rotatable bonds is 4. The highest BCUT2D eigenvalue weighted by molar-refractivity contribution is 5.87. The number of ether oxygens (including phenoxy) is 1. The smallest absolute Gasteiger partial charge is 0.309 e. The van der Waals surface area contributed by atoms with Crippen molar-refractivity contribution in [1.29, 1.82) is 0 Å². The lowest BCUT2D eigenvalue weighted by molar-refractivity contribution is -0.142. The summed E-state index contributed by atoms with van der Waals surface area (Å²) in [4.78, 5) is 25.3. The minimum Gasteiger partial charge on any atom is -0.496 e. The zero-order valence-corrected chi connectivity index (χ0v) is 12.8. The van der Waals surface area contributed by atoms with Crippen LogP contribution in [0.2, 0.25) is 0 Å². The maximum atomic E-state index is 12.2. The fraction of sp³-hybridized carbons (Fsp3) is 0.500. The topological polar surface area (TPSA) is 66.8 Å². The molecule has 5 heteroatoms. The first kappa shape index (κ1) is 15.4. The SMILES string of the molecule is COc1ccc(C2C(C(=O)O)CC(=O)N2C(C)C)cc1C. The molecule has 114 valence electrons. The first-order chi connectivity index (χ1) is 9.86. The Morgan fingerprint density at radius 2 is 2.10 bits per heavy atom. The minimum absolute atomic E-state index is 0.0331. The number of carboxylic acids is 1. The molecule has 5 nitrogen and oxygen atoms in total. The predicted molar refractivity (Wildman–Crippen MR) is 78.2 cm³/mol. The van der Waals surface area contributed by atoms with Gasteiger partial charge < -0.3 is 14.7 Å². The van der Waals surface area contributed by atoms with Crippen LogP contribution in [0.25, 0.3) is 0 Å². The highest BCUT2D eigenvalue weighted by Crippen LogP contribution is 2.40. The molecule has 1 saturated heterocycles. The van der Waals surface area contributed by atoms with Crippen LogP contribution >= 0.6 is 0 Å². The van der Waals surface area contributed by atoms with Gasteiger partial charge in [-0.05, 0) is 38.0 Å². The third-order valence-electron chi connectivity index (χ3n) is 4.00. The van der Waals surface area contributed by atoms with Crippen LogP contribution in [0.1, 0.15) is 37.4 Å². The normalized spacial score (nSPS) is 22.0. The summed E-state index contributed by atoms with van der Waals surface area (Å²) in [5.74, 6) is -0.973. The number of aryl methyl sites for hydroxylation is 1. The van der Waals surface area contributed by atoms with E-state index in [4.69, 9.17) is 4.74 Å². The Morgan fingerprint density at radius 3 is 2.57 bits per heavy atom. The van der Waals surface area contributed by atoms with E-state index < -0.39 is 17.9 Å². The second-order valence-corrected chi connectivity index (χ2v) is 5.72. The van der Waals surface area contributed by atoms with Gasteiger partial charge in [0.05, 0.1) is 19.1 Å². The number of carbonyl (C=O) groups is 2. The third kappa shape index (κ3) is 2.73. The summed E-state index contributed by atoms with van der Waals surface area (Å²) in [6.07, 6.45) is 0.0588. The fourth-order valence-electron chi connectivity index (χ4n) is 3.06. The van der Waals surface area contributed by atoms with Crippen LogP contribution in [0.4, 0.5) is 0 Å². The number of benzene rings is 1. The van der Waals surface area contributed by atoms with Gasteiger partial charge in [-0.2, -0.15) is 0 Å². The minimum atomic E-state index is -0.926. The van der Waals surface area contributed by atoms with Gasteiger partial charge in [0, 0.05) is 12.5 Å². The molecule has 21 heavy (non-hydrogen) atoms. The molecular weight excluding hydrogens is 270 g/mol. The highest BCUT2D eigenvalue weighted by atomic mass is 16.5. The van der Waals surface area contributed by atoms with Crippen molar-refractivity contribution in [3.63, 3.8) is 0 Å². The summed E-state index contributed by atoms with van der Waals surface area (Å²) < 4.78 is 5.24. The lowest BCUT2D eigenvalue weighted by Crippen LogP contribution is -2.36. The van der Waals surface area contributed by atoms with Gasteiger partial charge in [0.1, 0.15) is 5.75 Å². The number of nitrogens with zero attached hydrogens (tertiary/aromatic N) is 1. The second kappa shape index (κ2) is 5.76. The summed E-state index contributed by atoms with van der Waals surface area (Å²) in [6.45, 7) is 5.73. The zero-order valence-electron chi connectivity index (χ0n) is 12.8. The zero-order chi connectivity index (χ0) is 15.7. The van der Waals surface area contributed by atoms with E-state index in [1.165, 1.54) is 0 Å². The average molecular weight is 291 g/mol. The fourth-order valence-corrected chi connectivity index (χ4v) is 3.06. The Kier molecular flexibility index (Phi) is 4.21. The van der Waals surface area contributed by atoms with Crippen LogP contribution in [0, 0.1) is 12.8 Å². The number of carbonyl (C=O) groups excluding carboxylic acids is 1. The molecule has 1 heterocycles. The van der Waals surface area contributed by atoms with E-state index in [1.807, 2.05) is 39.0 Å². The summed E-state index contributed by atoms with van der Waals surface area (Å²) in [7, 11) is 1.60. The van der Waals surface area contributed by atoms with Gasteiger partial charge in [0.15, 0.2) is 0 Å². The van der Waals surface area contributed by atoms with Gasteiger partial charge in [-0.3, -0.25) is 9.59 Å². The maximum absolute atomic E-state index is 12.2. The van der Waals surface area contributed by atoms with Crippen molar-refractivity contribution in [3.8, 4) is 5.75 Å². The lowest BCUT2D eigenvalue weighted by Gasteiger charge is -2.31. The Hall–Kier alpha value is -2.04. The molecule has 1 aromatic carbocycles. The number of methoxy groups -OCH3 is 1. The van der Waals surface area contributed by atoms with Gasteiger partial charge in [0.25, 0.3) is 0 Å². The van der Waals surface area contributed by atoms with Crippen LogP contribution in [-0.4, -0.2) is 35.0 Å². The highest BCUT2D eigenvalue weighted by Gasteiger charge is 2.45. The molecule has 0 aromatic heterocycles. The number of likely N-dealkylation sites (tertiary alicyclic amines) is 1. The van der Waals surface area contributed by atoms with Crippen LogP contribution in [0.3, 0.4) is 0 Å². The van der Waals surface area contributed by atoms with Gasteiger partial charge in [-0.25, -0.2) is 0 Å². The molecule has 1 aliphatic rings. The monoisotopic (exact) mass is 291 g/mol. The summed E-state index contributed by atoms with van der Waals surface area (Å²) >= 11 is 0. The Morgan fingerprint density at radius 1 is 1.43 bits per heavy atom. The van der Waals surface area contributed by atoms with Crippen molar-refractivity contribution in [1.82, 2.24) is 4.90 Å².